The van der Waals surface area contributed by atoms with Crippen molar-refractivity contribution in [1.82, 2.24) is 4.90 Å². The highest BCUT2D eigenvalue weighted by atomic mass is 19.1. The predicted molar refractivity (Wildman–Crippen MR) is 54.8 cm³/mol. The van der Waals surface area contributed by atoms with Gasteiger partial charge in [-0.2, -0.15) is 0 Å². The van der Waals surface area contributed by atoms with Gasteiger partial charge < -0.3 is 14.4 Å². The van der Waals surface area contributed by atoms with E-state index >= 15 is 0 Å². The Balaban J connectivity index is 2.20. The fourth-order valence-corrected chi connectivity index (χ4v) is 1.65. The third kappa shape index (κ3) is 2.24. The first kappa shape index (κ1) is 11.1. The largest absolute Gasteiger partial charge is 0.483 e. The van der Waals surface area contributed by atoms with Crippen LogP contribution in [0.15, 0.2) is 12.1 Å². The second kappa shape index (κ2) is 4.25. The van der Waals surface area contributed by atoms with Gasteiger partial charge in [0.2, 0.25) is 0 Å². The minimum absolute atomic E-state index is 0.00333. The van der Waals surface area contributed by atoms with Gasteiger partial charge in [-0.05, 0) is 14.1 Å². The zero-order chi connectivity index (χ0) is 11.7. The number of benzene rings is 1. The summed E-state index contributed by atoms with van der Waals surface area (Å²) in [6.07, 6.45) is -0.205. The fourth-order valence-electron chi connectivity index (χ4n) is 1.65. The van der Waals surface area contributed by atoms with Crippen LogP contribution in [0.1, 0.15) is 0 Å². The Kier molecular flexibility index (Phi) is 2.96. The summed E-state index contributed by atoms with van der Waals surface area (Å²) < 4.78 is 36.9. The van der Waals surface area contributed by atoms with Gasteiger partial charge in [-0.1, -0.05) is 0 Å². The van der Waals surface area contributed by atoms with E-state index in [0.717, 1.165) is 12.1 Å². The minimum Gasteiger partial charge on any atom is -0.483 e. The van der Waals surface area contributed by atoms with E-state index in [0.29, 0.717) is 6.54 Å². The number of nitrogens with zero attached hydrogens (tertiary/aromatic N) is 1. The van der Waals surface area contributed by atoms with Gasteiger partial charge in [0, 0.05) is 18.7 Å². The summed E-state index contributed by atoms with van der Waals surface area (Å²) in [5.41, 5.74) is 0. The van der Waals surface area contributed by atoms with E-state index in [4.69, 9.17) is 9.47 Å². The SMILES string of the molecule is CN(C)CC1COc2c(F)cc(F)cc2O1. The molecule has 0 fully saturated rings. The highest BCUT2D eigenvalue weighted by Crippen LogP contribution is 2.35. The highest BCUT2D eigenvalue weighted by Gasteiger charge is 2.25. The monoisotopic (exact) mass is 229 g/mol. The Labute approximate surface area is 92.6 Å². The van der Waals surface area contributed by atoms with Crippen LogP contribution in [-0.4, -0.2) is 38.3 Å². The van der Waals surface area contributed by atoms with Gasteiger partial charge in [0.05, 0.1) is 0 Å². The molecule has 0 N–H and O–H groups in total. The fraction of sp³-hybridized carbons (Fsp3) is 0.455. The molecule has 1 aromatic rings. The third-order valence-electron chi connectivity index (χ3n) is 2.25. The van der Waals surface area contributed by atoms with Gasteiger partial charge in [0.15, 0.2) is 17.3 Å². The molecular formula is C11H13F2NO2. The zero-order valence-corrected chi connectivity index (χ0v) is 9.17. The van der Waals surface area contributed by atoms with Gasteiger partial charge in [-0.15, -0.1) is 0 Å². The second-order valence-corrected chi connectivity index (χ2v) is 4.03. The minimum atomic E-state index is -0.724. The van der Waals surface area contributed by atoms with E-state index in [-0.39, 0.29) is 24.2 Å². The highest BCUT2D eigenvalue weighted by molar-refractivity contribution is 5.42. The van der Waals surface area contributed by atoms with Crippen molar-refractivity contribution in [2.75, 3.05) is 27.2 Å². The van der Waals surface area contributed by atoms with E-state index in [1.807, 2.05) is 19.0 Å². The molecule has 0 aromatic heterocycles. The molecule has 3 nitrogen and oxygen atoms in total. The summed E-state index contributed by atoms with van der Waals surface area (Å²) in [5, 5.41) is 0. The van der Waals surface area contributed by atoms with E-state index in [9.17, 15) is 8.78 Å². The van der Waals surface area contributed by atoms with Crippen LogP contribution in [0, 0.1) is 11.6 Å². The molecule has 0 radical (unpaired) electrons. The molecule has 0 saturated heterocycles. The normalized spacial score (nSPS) is 18.9. The van der Waals surface area contributed by atoms with Crippen LogP contribution < -0.4 is 9.47 Å². The lowest BCUT2D eigenvalue weighted by Gasteiger charge is -2.28. The summed E-state index contributed by atoms with van der Waals surface area (Å²) in [7, 11) is 3.79. The molecule has 0 bridgehead atoms. The zero-order valence-electron chi connectivity index (χ0n) is 9.17. The lowest BCUT2D eigenvalue weighted by Crippen LogP contribution is -2.38. The van der Waals surface area contributed by atoms with Crippen molar-refractivity contribution >= 4 is 0 Å². The van der Waals surface area contributed by atoms with Crippen LogP contribution in [0.25, 0.3) is 0 Å². The first-order chi connectivity index (χ1) is 7.56. The van der Waals surface area contributed by atoms with E-state index in [1.165, 1.54) is 0 Å². The third-order valence-corrected chi connectivity index (χ3v) is 2.25. The number of fused-ring (bicyclic) bond motifs is 1. The molecule has 0 spiro atoms. The maximum atomic E-state index is 13.3. The van der Waals surface area contributed by atoms with Gasteiger partial charge >= 0.3 is 0 Å². The standard InChI is InChI=1S/C11H13F2NO2/c1-14(2)5-8-6-15-11-9(13)3-7(12)4-10(11)16-8/h3-4,8H,5-6H2,1-2H3. The molecule has 5 heteroatoms. The first-order valence-electron chi connectivity index (χ1n) is 4.99. The lowest BCUT2D eigenvalue weighted by molar-refractivity contribution is 0.0670. The molecular weight excluding hydrogens is 216 g/mol. The van der Waals surface area contributed by atoms with Crippen LogP contribution in [0.2, 0.25) is 0 Å². The Morgan fingerprint density at radius 1 is 1.38 bits per heavy atom. The molecule has 0 amide bonds. The number of rotatable bonds is 2. The molecule has 0 aliphatic carbocycles. The number of hydrogen-bond acceptors (Lipinski definition) is 3. The molecule has 88 valence electrons. The van der Waals surface area contributed by atoms with Crippen LogP contribution in [-0.2, 0) is 0 Å². The van der Waals surface area contributed by atoms with Crippen molar-refractivity contribution in [2.24, 2.45) is 0 Å². The topological polar surface area (TPSA) is 21.7 Å². The predicted octanol–water partition coefficient (Wildman–Crippen LogP) is 1.67. The number of likely N-dealkylation sites (N-methyl/N-ethyl adjacent to an activating group) is 1. The second-order valence-electron chi connectivity index (χ2n) is 4.03. The molecule has 1 unspecified atom stereocenters. The summed E-state index contributed by atoms with van der Waals surface area (Å²) >= 11 is 0. The summed E-state index contributed by atoms with van der Waals surface area (Å²) in [5.74, 6) is -1.25. The molecule has 1 aliphatic rings. The summed E-state index contributed by atoms with van der Waals surface area (Å²) in [6, 6.07) is 1.93. The van der Waals surface area contributed by atoms with Gasteiger partial charge in [0.25, 0.3) is 0 Å². The summed E-state index contributed by atoms with van der Waals surface area (Å²) in [6.45, 7) is 0.908. The molecule has 1 heterocycles. The van der Waals surface area contributed by atoms with E-state index in [1.54, 1.807) is 0 Å². The number of hydrogen-bond donors (Lipinski definition) is 0. The molecule has 1 aliphatic heterocycles. The maximum absolute atomic E-state index is 13.3. The Bertz CT molecular complexity index is 396. The quantitative estimate of drug-likeness (QED) is 0.770. The van der Waals surface area contributed by atoms with Crippen molar-refractivity contribution in [2.45, 2.75) is 6.10 Å². The first-order valence-corrected chi connectivity index (χ1v) is 4.99. The summed E-state index contributed by atoms with van der Waals surface area (Å²) in [4.78, 5) is 1.93. The molecule has 2 rings (SSSR count). The number of ether oxygens (including phenoxy) is 2. The van der Waals surface area contributed by atoms with Gasteiger partial charge in [-0.25, -0.2) is 8.78 Å². The average molecular weight is 229 g/mol. The Hall–Kier alpha value is -1.36. The van der Waals surface area contributed by atoms with Gasteiger partial charge in [-0.3, -0.25) is 0 Å². The average Bonchev–Trinajstić information content (AvgIpc) is 2.15. The van der Waals surface area contributed by atoms with Crippen LogP contribution in [0.5, 0.6) is 11.5 Å². The Morgan fingerprint density at radius 3 is 2.81 bits per heavy atom. The van der Waals surface area contributed by atoms with Crippen LogP contribution in [0.4, 0.5) is 8.78 Å². The molecule has 0 saturated carbocycles. The van der Waals surface area contributed by atoms with Crippen molar-refractivity contribution < 1.29 is 18.3 Å². The van der Waals surface area contributed by atoms with Crippen molar-refractivity contribution in [1.29, 1.82) is 0 Å². The molecule has 1 atom stereocenters. The maximum Gasteiger partial charge on any atom is 0.197 e. The van der Waals surface area contributed by atoms with Crippen molar-refractivity contribution in [3.8, 4) is 11.5 Å². The van der Waals surface area contributed by atoms with Gasteiger partial charge in [0.1, 0.15) is 18.5 Å². The Morgan fingerprint density at radius 2 is 2.12 bits per heavy atom. The van der Waals surface area contributed by atoms with Crippen LogP contribution >= 0.6 is 0 Å². The van der Waals surface area contributed by atoms with E-state index < -0.39 is 11.6 Å². The van der Waals surface area contributed by atoms with Crippen LogP contribution in [0.3, 0.4) is 0 Å². The van der Waals surface area contributed by atoms with Crippen molar-refractivity contribution in [3.63, 3.8) is 0 Å². The lowest BCUT2D eigenvalue weighted by atomic mass is 10.2. The van der Waals surface area contributed by atoms with E-state index in [2.05, 4.69) is 0 Å². The smallest absolute Gasteiger partial charge is 0.197 e. The molecule has 1 aromatic carbocycles. The number of halogens is 2. The van der Waals surface area contributed by atoms with Crippen molar-refractivity contribution in [3.05, 3.63) is 23.8 Å². The molecule has 16 heavy (non-hydrogen) atoms.